The molecule has 0 bridgehead atoms. The van der Waals surface area contributed by atoms with Crippen LogP contribution in [0.15, 0.2) is 30.6 Å². The molecule has 2 rings (SSSR count). The second-order valence-electron chi connectivity index (χ2n) is 3.14. The topological polar surface area (TPSA) is 35.0 Å². The fourth-order valence-electron chi connectivity index (χ4n) is 1.18. The second-order valence-corrected chi connectivity index (χ2v) is 3.50. The number of benzene rings is 1. The van der Waals surface area contributed by atoms with E-state index in [4.69, 9.17) is 16.3 Å². The van der Waals surface area contributed by atoms with Crippen LogP contribution in [0.25, 0.3) is 0 Å². The van der Waals surface area contributed by atoms with Gasteiger partial charge in [0.1, 0.15) is 0 Å². The van der Waals surface area contributed by atoms with Crippen molar-refractivity contribution in [1.82, 2.24) is 9.97 Å². The van der Waals surface area contributed by atoms with Crippen molar-refractivity contribution < 1.29 is 9.13 Å². The summed E-state index contributed by atoms with van der Waals surface area (Å²) in [5, 5.41) is 0.100. The number of hydrogen-bond donors (Lipinski definition) is 0. The first-order valence-electron chi connectivity index (χ1n) is 4.58. The van der Waals surface area contributed by atoms with Crippen LogP contribution in [0, 0.1) is 12.7 Å². The third-order valence-electron chi connectivity index (χ3n) is 1.99. The van der Waals surface area contributed by atoms with Crippen molar-refractivity contribution in [3.8, 4) is 11.6 Å². The molecule has 3 nitrogen and oxygen atoms in total. The van der Waals surface area contributed by atoms with Gasteiger partial charge in [-0.2, -0.15) is 0 Å². The third-order valence-corrected chi connectivity index (χ3v) is 2.25. The summed E-state index contributed by atoms with van der Waals surface area (Å²) in [5.41, 5.74) is 0.498. The average Bonchev–Trinajstić information content (AvgIpc) is 2.28. The van der Waals surface area contributed by atoms with E-state index < -0.39 is 5.82 Å². The zero-order valence-corrected chi connectivity index (χ0v) is 9.20. The molecule has 1 heterocycles. The Morgan fingerprint density at radius 1 is 1.25 bits per heavy atom. The van der Waals surface area contributed by atoms with Gasteiger partial charge in [-0.1, -0.05) is 23.7 Å². The van der Waals surface area contributed by atoms with Gasteiger partial charge >= 0.3 is 0 Å². The number of aryl methyl sites for hydroxylation is 1. The molecule has 5 heteroatoms. The maximum atomic E-state index is 13.6. The molecule has 0 aliphatic rings. The van der Waals surface area contributed by atoms with E-state index in [2.05, 4.69) is 9.97 Å². The van der Waals surface area contributed by atoms with Crippen LogP contribution in [0.3, 0.4) is 0 Å². The SMILES string of the molecule is Cc1cccc(Oc2nccnc2Cl)c1F. The lowest BCUT2D eigenvalue weighted by atomic mass is 10.2. The molecular formula is C11H8ClFN2O. The van der Waals surface area contributed by atoms with Crippen LogP contribution in [0.5, 0.6) is 11.6 Å². The Labute approximate surface area is 96.9 Å². The van der Waals surface area contributed by atoms with Crippen LogP contribution in [-0.2, 0) is 0 Å². The fraction of sp³-hybridized carbons (Fsp3) is 0.0909. The highest BCUT2D eigenvalue weighted by Gasteiger charge is 2.10. The maximum Gasteiger partial charge on any atom is 0.257 e. The van der Waals surface area contributed by atoms with Crippen molar-refractivity contribution in [2.75, 3.05) is 0 Å². The zero-order chi connectivity index (χ0) is 11.5. The smallest absolute Gasteiger partial charge is 0.257 e. The molecule has 0 atom stereocenters. The highest BCUT2D eigenvalue weighted by Crippen LogP contribution is 2.27. The quantitative estimate of drug-likeness (QED) is 0.805. The van der Waals surface area contributed by atoms with Crippen LogP contribution in [0.2, 0.25) is 5.15 Å². The van der Waals surface area contributed by atoms with Gasteiger partial charge in [0.15, 0.2) is 16.7 Å². The van der Waals surface area contributed by atoms with E-state index in [0.717, 1.165) is 0 Å². The van der Waals surface area contributed by atoms with Gasteiger partial charge in [0.05, 0.1) is 0 Å². The third kappa shape index (κ3) is 2.12. The number of ether oxygens (including phenoxy) is 1. The van der Waals surface area contributed by atoms with Gasteiger partial charge in [-0.05, 0) is 18.6 Å². The maximum absolute atomic E-state index is 13.6. The van der Waals surface area contributed by atoms with Crippen molar-refractivity contribution in [3.05, 3.63) is 47.1 Å². The van der Waals surface area contributed by atoms with Gasteiger partial charge in [-0.3, -0.25) is 0 Å². The molecule has 82 valence electrons. The van der Waals surface area contributed by atoms with Gasteiger partial charge in [0, 0.05) is 12.4 Å². The molecule has 0 saturated carbocycles. The second kappa shape index (κ2) is 4.45. The molecule has 0 amide bonds. The molecule has 0 N–H and O–H groups in total. The summed E-state index contributed by atoms with van der Waals surface area (Å²) in [6.45, 7) is 1.65. The Hall–Kier alpha value is -1.68. The predicted octanol–water partition coefficient (Wildman–Crippen LogP) is 3.37. The Kier molecular flexibility index (Phi) is 3.01. The molecule has 1 aromatic heterocycles. The summed E-state index contributed by atoms with van der Waals surface area (Å²) in [5.74, 6) is -0.250. The van der Waals surface area contributed by atoms with Crippen molar-refractivity contribution >= 4 is 11.6 Å². The summed E-state index contributed by atoms with van der Waals surface area (Å²) >= 11 is 5.75. The van der Waals surface area contributed by atoms with Gasteiger partial charge < -0.3 is 4.74 Å². The molecule has 0 unspecified atom stereocenters. The molecule has 0 fully saturated rings. The average molecular weight is 239 g/mol. The summed E-state index contributed by atoms with van der Waals surface area (Å²) in [6, 6.07) is 4.85. The summed E-state index contributed by atoms with van der Waals surface area (Å²) in [4.78, 5) is 7.64. The van der Waals surface area contributed by atoms with E-state index >= 15 is 0 Å². The minimum atomic E-state index is -0.427. The molecule has 0 aliphatic heterocycles. The van der Waals surface area contributed by atoms with Gasteiger partial charge in [0.2, 0.25) is 0 Å². The van der Waals surface area contributed by atoms with E-state index in [1.54, 1.807) is 19.1 Å². The van der Waals surface area contributed by atoms with Crippen LogP contribution in [0.1, 0.15) is 5.56 Å². The van der Waals surface area contributed by atoms with E-state index in [1.165, 1.54) is 18.5 Å². The van der Waals surface area contributed by atoms with E-state index in [9.17, 15) is 4.39 Å². The lowest BCUT2D eigenvalue weighted by Crippen LogP contribution is -1.94. The highest BCUT2D eigenvalue weighted by molar-refractivity contribution is 6.30. The van der Waals surface area contributed by atoms with Crippen molar-refractivity contribution in [2.45, 2.75) is 6.92 Å². The number of halogens is 2. The molecule has 16 heavy (non-hydrogen) atoms. The van der Waals surface area contributed by atoms with Crippen LogP contribution >= 0.6 is 11.6 Å². The van der Waals surface area contributed by atoms with Crippen molar-refractivity contribution in [2.24, 2.45) is 0 Å². The van der Waals surface area contributed by atoms with E-state index in [0.29, 0.717) is 5.56 Å². The van der Waals surface area contributed by atoms with Crippen LogP contribution in [0.4, 0.5) is 4.39 Å². The Morgan fingerprint density at radius 2 is 2.00 bits per heavy atom. The Bertz CT molecular complexity index is 519. The first kappa shape index (κ1) is 10.8. The number of nitrogens with zero attached hydrogens (tertiary/aromatic N) is 2. The van der Waals surface area contributed by atoms with E-state index in [1.807, 2.05) is 0 Å². The molecular weight excluding hydrogens is 231 g/mol. The van der Waals surface area contributed by atoms with Crippen molar-refractivity contribution in [1.29, 1.82) is 0 Å². The first-order valence-corrected chi connectivity index (χ1v) is 4.96. The zero-order valence-electron chi connectivity index (χ0n) is 8.45. The van der Waals surface area contributed by atoms with Gasteiger partial charge in [0.25, 0.3) is 5.88 Å². The molecule has 1 aromatic carbocycles. The standard InChI is InChI=1S/C11H8ClFN2O/c1-7-3-2-4-8(9(7)13)16-11-10(12)14-5-6-15-11/h2-6H,1H3. The number of hydrogen-bond acceptors (Lipinski definition) is 3. The Balaban J connectivity index is 2.35. The summed E-state index contributed by atoms with van der Waals surface area (Å²) in [6.07, 6.45) is 2.86. The van der Waals surface area contributed by atoms with Gasteiger partial charge in [-0.15, -0.1) is 0 Å². The van der Waals surface area contributed by atoms with Crippen LogP contribution in [-0.4, -0.2) is 9.97 Å². The fourth-order valence-corrected chi connectivity index (χ4v) is 1.32. The molecule has 0 saturated heterocycles. The lowest BCUT2D eigenvalue weighted by molar-refractivity contribution is 0.424. The van der Waals surface area contributed by atoms with Crippen LogP contribution < -0.4 is 4.74 Å². The first-order chi connectivity index (χ1) is 7.68. The number of rotatable bonds is 2. The monoisotopic (exact) mass is 238 g/mol. The minimum Gasteiger partial charge on any atom is -0.433 e. The predicted molar refractivity (Wildman–Crippen MR) is 58.3 cm³/mol. The highest BCUT2D eigenvalue weighted by atomic mass is 35.5. The normalized spacial score (nSPS) is 10.2. The molecule has 0 aliphatic carbocycles. The largest absolute Gasteiger partial charge is 0.433 e. The molecule has 0 spiro atoms. The minimum absolute atomic E-state index is 0.0856. The number of aromatic nitrogens is 2. The van der Waals surface area contributed by atoms with Gasteiger partial charge in [-0.25, -0.2) is 14.4 Å². The lowest BCUT2D eigenvalue weighted by Gasteiger charge is -2.07. The molecule has 0 radical (unpaired) electrons. The van der Waals surface area contributed by atoms with Crippen molar-refractivity contribution in [3.63, 3.8) is 0 Å². The van der Waals surface area contributed by atoms with E-state index in [-0.39, 0.29) is 16.8 Å². The molecule has 2 aromatic rings. The summed E-state index contributed by atoms with van der Waals surface area (Å²) < 4.78 is 18.8. The Morgan fingerprint density at radius 3 is 2.75 bits per heavy atom. The summed E-state index contributed by atoms with van der Waals surface area (Å²) in [7, 11) is 0.